The van der Waals surface area contributed by atoms with Crippen molar-refractivity contribution < 1.29 is 19.1 Å². The molecule has 6 heteroatoms. The lowest BCUT2D eigenvalue weighted by Gasteiger charge is -2.16. The van der Waals surface area contributed by atoms with Gasteiger partial charge >= 0.3 is 12.0 Å². The van der Waals surface area contributed by atoms with Crippen molar-refractivity contribution >= 4 is 12.0 Å². The molecule has 1 aromatic rings. The largest absolute Gasteiger partial charge is 0.481 e. The number of carboxylic acid groups (broad SMARTS) is 1. The Balaban J connectivity index is 1.79. The predicted octanol–water partition coefficient (Wildman–Crippen LogP) is 0.896. The van der Waals surface area contributed by atoms with Crippen LogP contribution in [0.3, 0.4) is 0 Å². The number of carboxylic acids is 1. The molecule has 2 rings (SSSR count). The molecule has 1 aliphatic rings. The van der Waals surface area contributed by atoms with Gasteiger partial charge in [-0.25, -0.2) is 4.79 Å². The second-order valence-electron chi connectivity index (χ2n) is 4.01. The predicted molar refractivity (Wildman–Crippen MR) is 58.3 cm³/mol. The lowest BCUT2D eigenvalue weighted by Crippen LogP contribution is -2.38. The number of hydrogen-bond acceptors (Lipinski definition) is 3. The molecule has 0 aromatic carbocycles. The van der Waals surface area contributed by atoms with Gasteiger partial charge in [0.05, 0.1) is 18.7 Å². The molecule has 6 nitrogen and oxygen atoms in total. The molecule has 2 heterocycles. The zero-order chi connectivity index (χ0) is 12.3. The van der Waals surface area contributed by atoms with Gasteiger partial charge in [0.25, 0.3) is 0 Å². The topological polar surface area (TPSA) is 82.8 Å². The smallest absolute Gasteiger partial charge is 0.317 e. The Morgan fingerprint density at radius 1 is 1.59 bits per heavy atom. The first-order chi connectivity index (χ1) is 8.16. The molecule has 0 radical (unpaired) electrons. The Morgan fingerprint density at radius 2 is 2.41 bits per heavy atom. The van der Waals surface area contributed by atoms with Gasteiger partial charge in [-0.1, -0.05) is 0 Å². The first-order valence-corrected chi connectivity index (χ1v) is 5.45. The molecular formula is C11H14N2O4. The van der Waals surface area contributed by atoms with Crippen molar-refractivity contribution in [2.75, 3.05) is 13.1 Å². The number of nitrogens with zero attached hydrogens (tertiary/aromatic N) is 1. The van der Waals surface area contributed by atoms with E-state index in [4.69, 9.17) is 9.52 Å². The van der Waals surface area contributed by atoms with Crippen LogP contribution >= 0.6 is 0 Å². The van der Waals surface area contributed by atoms with E-state index >= 15 is 0 Å². The van der Waals surface area contributed by atoms with Gasteiger partial charge in [0.15, 0.2) is 0 Å². The molecular weight excluding hydrogens is 224 g/mol. The van der Waals surface area contributed by atoms with Crippen LogP contribution in [0.5, 0.6) is 0 Å². The summed E-state index contributed by atoms with van der Waals surface area (Å²) in [4.78, 5) is 23.9. The summed E-state index contributed by atoms with van der Waals surface area (Å²) < 4.78 is 5.08. The van der Waals surface area contributed by atoms with E-state index in [1.807, 2.05) is 0 Å². The van der Waals surface area contributed by atoms with E-state index in [9.17, 15) is 9.59 Å². The Labute approximate surface area is 98.2 Å². The van der Waals surface area contributed by atoms with E-state index in [2.05, 4.69) is 5.32 Å². The van der Waals surface area contributed by atoms with Crippen LogP contribution in [0.2, 0.25) is 0 Å². The standard InChI is InChI=1S/C11H14N2O4/c14-10(15)8-3-4-13(7-8)11(16)12-6-9-2-1-5-17-9/h1-2,5,8H,3-4,6-7H2,(H,12,16)(H,14,15). The van der Waals surface area contributed by atoms with Crippen molar-refractivity contribution in [3.63, 3.8) is 0 Å². The minimum Gasteiger partial charge on any atom is -0.481 e. The lowest BCUT2D eigenvalue weighted by molar-refractivity contribution is -0.141. The van der Waals surface area contributed by atoms with Gasteiger partial charge in [-0.2, -0.15) is 0 Å². The summed E-state index contributed by atoms with van der Waals surface area (Å²) in [5, 5.41) is 11.5. The summed E-state index contributed by atoms with van der Waals surface area (Å²) >= 11 is 0. The number of furan rings is 1. The summed E-state index contributed by atoms with van der Waals surface area (Å²) in [5.41, 5.74) is 0. The van der Waals surface area contributed by atoms with Gasteiger partial charge in [0.2, 0.25) is 0 Å². The van der Waals surface area contributed by atoms with Crippen molar-refractivity contribution in [3.8, 4) is 0 Å². The Kier molecular flexibility index (Phi) is 3.32. The van der Waals surface area contributed by atoms with Gasteiger partial charge in [-0.05, 0) is 18.6 Å². The number of hydrogen-bond donors (Lipinski definition) is 2. The minimum atomic E-state index is -0.841. The number of carbonyl (C=O) groups excluding carboxylic acids is 1. The van der Waals surface area contributed by atoms with Crippen LogP contribution in [-0.2, 0) is 11.3 Å². The second kappa shape index (κ2) is 4.90. The SMILES string of the molecule is O=C(O)C1CCN(C(=O)NCc2ccco2)C1. The van der Waals surface area contributed by atoms with Crippen molar-refractivity contribution in [3.05, 3.63) is 24.2 Å². The number of urea groups is 1. The molecule has 0 bridgehead atoms. The van der Waals surface area contributed by atoms with Crippen LogP contribution in [-0.4, -0.2) is 35.1 Å². The van der Waals surface area contributed by atoms with Crippen LogP contribution in [0.25, 0.3) is 0 Å². The van der Waals surface area contributed by atoms with Gasteiger partial charge < -0.3 is 19.7 Å². The lowest BCUT2D eigenvalue weighted by atomic mass is 10.1. The summed E-state index contributed by atoms with van der Waals surface area (Å²) in [7, 11) is 0. The van der Waals surface area contributed by atoms with Crippen molar-refractivity contribution in [2.45, 2.75) is 13.0 Å². The number of nitrogens with one attached hydrogen (secondary N) is 1. The highest BCUT2D eigenvalue weighted by Crippen LogP contribution is 2.16. The zero-order valence-corrected chi connectivity index (χ0v) is 9.26. The van der Waals surface area contributed by atoms with Crippen LogP contribution in [0.1, 0.15) is 12.2 Å². The maximum Gasteiger partial charge on any atom is 0.317 e. The van der Waals surface area contributed by atoms with E-state index in [0.29, 0.717) is 25.3 Å². The van der Waals surface area contributed by atoms with Gasteiger partial charge in [-0.3, -0.25) is 4.79 Å². The maximum atomic E-state index is 11.7. The first kappa shape index (κ1) is 11.5. The van der Waals surface area contributed by atoms with Gasteiger partial charge in [-0.15, -0.1) is 0 Å². The summed E-state index contributed by atoms with van der Waals surface area (Å²) in [6, 6.07) is 3.27. The molecule has 1 unspecified atom stereocenters. The molecule has 1 saturated heterocycles. The monoisotopic (exact) mass is 238 g/mol. The summed E-state index contributed by atoms with van der Waals surface area (Å²) in [5.74, 6) is -0.608. The van der Waals surface area contributed by atoms with Crippen LogP contribution in [0.4, 0.5) is 4.79 Å². The number of likely N-dealkylation sites (tertiary alicyclic amines) is 1. The van der Waals surface area contributed by atoms with Crippen molar-refractivity contribution in [1.82, 2.24) is 10.2 Å². The number of carbonyl (C=O) groups is 2. The van der Waals surface area contributed by atoms with Crippen LogP contribution < -0.4 is 5.32 Å². The Hall–Kier alpha value is -1.98. The molecule has 0 spiro atoms. The van der Waals surface area contributed by atoms with E-state index in [1.54, 1.807) is 12.1 Å². The van der Waals surface area contributed by atoms with E-state index < -0.39 is 11.9 Å². The molecule has 0 saturated carbocycles. The number of amides is 2. The number of aliphatic carboxylic acids is 1. The van der Waals surface area contributed by atoms with E-state index in [0.717, 1.165) is 0 Å². The van der Waals surface area contributed by atoms with E-state index in [1.165, 1.54) is 11.2 Å². The molecule has 1 aliphatic heterocycles. The molecule has 1 atom stereocenters. The Morgan fingerprint density at radius 3 is 3.00 bits per heavy atom. The molecule has 2 N–H and O–H groups in total. The fourth-order valence-electron chi connectivity index (χ4n) is 1.83. The zero-order valence-electron chi connectivity index (χ0n) is 9.26. The van der Waals surface area contributed by atoms with Crippen molar-refractivity contribution in [2.24, 2.45) is 5.92 Å². The highest BCUT2D eigenvalue weighted by atomic mass is 16.4. The average Bonchev–Trinajstić information content (AvgIpc) is 2.96. The van der Waals surface area contributed by atoms with Crippen molar-refractivity contribution in [1.29, 1.82) is 0 Å². The fraction of sp³-hybridized carbons (Fsp3) is 0.455. The van der Waals surface area contributed by atoms with Gasteiger partial charge in [0.1, 0.15) is 5.76 Å². The summed E-state index contributed by atoms with van der Waals surface area (Å²) in [6.07, 6.45) is 2.06. The normalized spacial score (nSPS) is 19.3. The van der Waals surface area contributed by atoms with Gasteiger partial charge in [0, 0.05) is 13.1 Å². The molecule has 1 aromatic heterocycles. The first-order valence-electron chi connectivity index (χ1n) is 5.45. The molecule has 1 fully saturated rings. The van der Waals surface area contributed by atoms with Crippen LogP contribution in [0.15, 0.2) is 22.8 Å². The second-order valence-corrected chi connectivity index (χ2v) is 4.01. The third kappa shape index (κ3) is 2.77. The average molecular weight is 238 g/mol. The molecule has 17 heavy (non-hydrogen) atoms. The molecule has 92 valence electrons. The highest BCUT2D eigenvalue weighted by molar-refractivity contribution is 5.77. The molecule has 2 amide bonds. The third-order valence-electron chi connectivity index (χ3n) is 2.82. The summed E-state index contributed by atoms with van der Waals surface area (Å²) in [6.45, 7) is 1.08. The Bertz CT molecular complexity index is 402. The maximum absolute atomic E-state index is 11.7. The molecule has 0 aliphatic carbocycles. The van der Waals surface area contributed by atoms with E-state index in [-0.39, 0.29) is 12.6 Å². The third-order valence-corrected chi connectivity index (χ3v) is 2.82. The highest BCUT2D eigenvalue weighted by Gasteiger charge is 2.30. The fourth-order valence-corrected chi connectivity index (χ4v) is 1.83. The quantitative estimate of drug-likeness (QED) is 0.819. The van der Waals surface area contributed by atoms with Crippen LogP contribution in [0, 0.1) is 5.92 Å². The number of rotatable bonds is 3. The minimum absolute atomic E-state index is 0.245.